The first-order valence-corrected chi connectivity index (χ1v) is 38.2. The second-order valence-electron chi connectivity index (χ2n) is 26.3. The zero-order valence-electron chi connectivity index (χ0n) is 56.9. The van der Waals surface area contributed by atoms with Crippen molar-refractivity contribution in [3.05, 3.63) is 36.5 Å². The van der Waals surface area contributed by atoms with E-state index in [1.807, 2.05) is 0 Å². The lowest BCUT2D eigenvalue weighted by Gasteiger charge is -2.22. The summed E-state index contributed by atoms with van der Waals surface area (Å²) in [6, 6.07) is -0.544. The highest BCUT2D eigenvalue weighted by Crippen LogP contribution is 2.19. The van der Waals surface area contributed by atoms with Gasteiger partial charge in [-0.05, 0) is 83.5 Å². The smallest absolute Gasteiger partial charge is 0.305 e. The fraction of sp³-hybridized carbons (Fsp3) is 0.897. The van der Waals surface area contributed by atoms with Gasteiger partial charge in [-0.1, -0.05) is 365 Å². The molecule has 0 saturated heterocycles. The molecule has 0 aromatic carbocycles. The predicted molar refractivity (Wildman–Crippen MR) is 370 cm³/mol. The van der Waals surface area contributed by atoms with Gasteiger partial charge in [-0.25, -0.2) is 0 Å². The van der Waals surface area contributed by atoms with Gasteiger partial charge in [-0.3, -0.25) is 9.59 Å². The first kappa shape index (κ1) is 82.1. The number of rotatable bonds is 72. The molecular weight excluding hydrogens is 1030 g/mol. The number of allylic oxidation sites excluding steroid dienone is 6. The number of carbonyl (C=O) groups is 2. The molecule has 0 aliphatic heterocycles. The van der Waals surface area contributed by atoms with Crippen LogP contribution in [0.1, 0.15) is 425 Å². The Morgan fingerprint density at radius 1 is 0.333 bits per heavy atom. The molecular formula is C78H149NO5. The van der Waals surface area contributed by atoms with Crippen LogP contribution in [0.5, 0.6) is 0 Å². The molecule has 0 fully saturated rings. The zero-order chi connectivity index (χ0) is 60.6. The van der Waals surface area contributed by atoms with Crippen LogP contribution in [-0.2, 0) is 14.3 Å². The molecule has 0 saturated carbocycles. The van der Waals surface area contributed by atoms with Crippen LogP contribution in [0.2, 0.25) is 0 Å². The van der Waals surface area contributed by atoms with E-state index in [0.29, 0.717) is 25.9 Å². The van der Waals surface area contributed by atoms with E-state index in [9.17, 15) is 19.8 Å². The van der Waals surface area contributed by atoms with Crippen molar-refractivity contribution in [3.63, 3.8) is 0 Å². The summed E-state index contributed by atoms with van der Waals surface area (Å²) in [7, 11) is 0. The van der Waals surface area contributed by atoms with Crippen LogP contribution < -0.4 is 5.32 Å². The maximum absolute atomic E-state index is 12.6. The average molecular weight is 1180 g/mol. The second-order valence-corrected chi connectivity index (χ2v) is 26.3. The molecule has 6 heteroatoms. The van der Waals surface area contributed by atoms with Crippen LogP contribution in [0.4, 0.5) is 0 Å². The van der Waals surface area contributed by atoms with E-state index in [4.69, 9.17) is 4.74 Å². The Morgan fingerprint density at radius 3 is 0.929 bits per heavy atom. The molecule has 6 nitrogen and oxygen atoms in total. The molecule has 0 rings (SSSR count). The van der Waals surface area contributed by atoms with Crippen molar-refractivity contribution >= 4 is 11.9 Å². The number of unbranched alkanes of at least 4 members (excludes halogenated alkanes) is 55. The number of ether oxygens (including phenoxy) is 1. The van der Waals surface area contributed by atoms with Gasteiger partial charge in [0.25, 0.3) is 0 Å². The SMILES string of the molecule is CCCCCC/C=C\C/C=C\CCCCCCCC(=O)OCCCCCCCCCCCCCC/C=C\CCCCCCCCCCCCCC(=O)NC(CO)C(O)CCCCCCCCCCCCCCCCCCCCCCCCCC. The molecule has 84 heavy (non-hydrogen) atoms. The highest BCUT2D eigenvalue weighted by Gasteiger charge is 2.20. The predicted octanol–water partition coefficient (Wildman–Crippen LogP) is 25.0. The Kier molecular flexibility index (Phi) is 71.9. The second kappa shape index (κ2) is 73.5. The van der Waals surface area contributed by atoms with Gasteiger partial charge in [0, 0.05) is 12.8 Å². The molecule has 1 amide bonds. The number of aliphatic hydroxyl groups excluding tert-OH is 2. The molecule has 0 aromatic heterocycles. The monoisotopic (exact) mass is 1180 g/mol. The van der Waals surface area contributed by atoms with Crippen LogP contribution in [0.3, 0.4) is 0 Å². The minimum absolute atomic E-state index is 0.00241. The van der Waals surface area contributed by atoms with Crippen molar-refractivity contribution in [2.45, 2.75) is 437 Å². The lowest BCUT2D eigenvalue weighted by Crippen LogP contribution is -2.45. The van der Waals surface area contributed by atoms with Gasteiger partial charge in [0.05, 0.1) is 25.4 Å². The number of aliphatic hydroxyl groups is 2. The molecule has 0 spiro atoms. The van der Waals surface area contributed by atoms with Crippen molar-refractivity contribution in [1.29, 1.82) is 0 Å². The zero-order valence-corrected chi connectivity index (χ0v) is 56.9. The van der Waals surface area contributed by atoms with Gasteiger partial charge in [-0.2, -0.15) is 0 Å². The van der Waals surface area contributed by atoms with Crippen LogP contribution >= 0.6 is 0 Å². The molecule has 0 aliphatic carbocycles. The molecule has 2 atom stereocenters. The first-order chi connectivity index (χ1) is 41.5. The fourth-order valence-corrected chi connectivity index (χ4v) is 12.1. The number of hydrogen-bond donors (Lipinski definition) is 3. The van der Waals surface area contributed by atoms with Gasteiger partial charge < -0.3 is 20.3 Å². The molecule has 496 valence electrons. The third-order valence-electron chi connectivity index (χ3n) is 17.9. The lowest BCUT2D eigenvalue weighted by molar-refractivity contribution is -0.143. The van der Waals surface area contributed by atoms with E-state index >= 15 is 0 Å². The Balaban J connectivity index is 3.39. The number of esters is 1. The van der Waals surface area contributed by atoms with Gasteiger partial charge in [0.1, 0.15) is 0 Å². The van der Waals surface area contributed by atoms with Crippen LogP contribution in [0, 0.1) is 0 Å². The number of carbonyl (C=O) groups excluding carboxylic acids is 2. The van der Waals surface area contributed by atoms with Crippen molar-refractivity contribution in [1.82, 2.24) is 5.32 Å². The summed E-state index contributed by atoms with van der Waals surface area (Å²) in [5.41, 5.74) is 0. The number of amides is 1. The van der Waals surface area contributed by atoms with Crippen molar-refractivity contribution in [2.75, 3.05) is 13.2 Å². The maximum atomic E-state index is 12.6. The summed E-state index contributed by atoms with van der Waals surface area (Å²) >= 11 is 0. The lowest BCUT2D eigenvalue weighted by atomic mass is 10.0. The van der Waals surface area contributed by atoms with E-state index in [1.54, 1.807) is 0 Å². The normalized spacial score (nSPS) is 12.7. The third-order valence-corrected chi connectivity index (χ3v) is 17.9. The van der Waals surface area contributed by atoms with E-state index < -0.39 is 12.1 Å². The number of hydrogen-bond acceptors (Lipinski definition) is 5. The maximum Gasteiger partial charge on any atom is 0.305 e. The van der Waals surface area contributed by atoms with Gasteiger partial charge in [-0.15, -0.1) is 0 Å². The van der Waals surface area contributed by atoms with E-state index in [2.05, 4.69) is 55.6 Å². The van der Waals surface area contributed by atoms with E-state index in [1.165, 1.54) is 340 Å². The highest BCUT2D eigenvalue weighted by molar-refractivity contribution is 5.76. The number of nitrogens with one attached hydrogen (secondary N) is 1. The summed E-state index contributed by atoms with van der Waals surface area (Å²) in [5.74, 6) is -0.0286. The van der Waals surface area contributed by atoms with Crippen molar-refractivity contribution in [3.8, 4) is 0 Å². The first-order valence-electron chi connectivity index (χ1n) is 38.2. The summed E-state index contributed by atoms with van der Waals surface area (Å²) in [6.07, 6.45) is 95.0. The molecule has 2 unspecified atom stereocenters. The molecule has 0 radical (unpaired) electrons. The minimum Gasteiger partial charge on any atom is -0.466 e. The topological polar surface area (TPSA) is 95.9 Å². The molecule has 0 aromatic rings. The minimum atomic E-state index is -0.667. The summed E-state index contributed by atoms with van der Waals surface area (Å²) in [6.45, 7) is 4.97. The third kappa shape index (κ3) is 69.2. The molecule has 0 heterocycles. The molecule has 0 aliphatic rings. The van der Waals surface area contributed by atoms with Crippen LogP contribution in [-0.4, -0.2) is 47.4 Å². The van der Waals surface area contributed by atoms with Crippen LogP contribution in [0.15, 0.2) is 36.5 Å². The molecule has 3 N–H and O–H groups in total. The Morgan fingerprint density at radius 2 is 0.595 bits per heavy atom. The Labute approximate surface area is 525 Å². The van der Waals surface area contributed by atoms with Crippen molar-refractivity contribution in [2.24, 2.45) is 0 Å². The quantitative estimate of drug-likeness (QED) is 0.0320. The van der Waals surface area contributed by atoms with Gasteiger partial charge in [0.15, 0.2) is 0 Å². The molecule has 0 bridgehead atoms. The summed E-state index contributed by atoms with van der Waals surface area (Å²) in [5, 5.41) is 23.5. The largest absolute Gasteiger partial charge is 0.466 e. The van der Waals surface area contributed by atoms with Crippen LogP contribution in [0.25, 0.3) is 0 Å². The fourth-order valence-electron chi connectivity index (χ4n) is 12.1. The Hall–Kier alpha value is -1.92. The van der Waals surface area contributed by atoms with E-state index in [0.717, 1.165) is 51.4 Å². The van der Waals surface area contributed by atoms with Crippen molar-refractivity contribution < 1.29 is 24.5 Å². The summed E-state index contributed by atoms with van der Waals surface area (Å²) in [4.78, 5) is 24.7. The van der Waals surface area contributed by atoms with Gasteiger partial charge >= 0.3 is 5.97 Å². The highest BCUT2D eigenvalue weighted by atomic mass is 16.5. The standard InChI is InChI=1S/C78H149NO5/c1-3-5-7-9-11-13-15-17-19-21-22-23-24-30-33-36-39-42-46-50-54-58-62-66-70-76(81)75(74-80)79-77(82)71-67-63-59-55-51-47-43-40-37-34-31-28-26-25-27-29-32-35-38-41-45-49-53-57-61-65-69-73-84-78(83)72-68-64-60-56-52-48-44-20-18-16-14-12-10-8-6-4-2/h14,16,20,25-26,44,75-76,80-81H,3-13,15,17-19,21-24,27-43,45-74H2,1-2H3,(H,79,82)/b16-14-,26-25-,44-20-. The Bertz CT molecular complexity index is 1360. The van der Waals surface area contributed by atoms with Gasteiger partial charge in [0.2, 0.25) is 5.91 Å². The summed E-state index contributed by atoms with van der Waals surface area (Å²) < 4.78 is 5.49. The average Bonchev–Trinajstić information content (AvgIpc) is 3.51. The van der Waals surface area contributed by atoms with E-state index in [-0.39, 0.29) is 18.5 Å².